The molecule has 1 atom stereocenters. The van der Waals surface area contributed by atoms with Crippen LogP contribution in [0.15, 0.2) is 24.3 Å². The van der Waals surface area contributed by atoms with Crippen LogP contribution in [0.4, 0.5) is 5.13 Å². The lowest BCUT2D eigenvalue weighted by atomic mass is 10.1. The van der Waals surface area contributed by atoms with Crippen molar-refractivity contribution in [1.29, 1.82) is 0 Å². The third-order valence-electron chi connectivity index (χ3n) is 3.45. The van der Waals surface area contributed by atoms with Crippen molar-refractivity contribution < 1.29 is 4.79 Å². The topological polar surface area (TPSA) is 68.0 Å². The fourth-order valence-corrected chi connectivity index (χ4v) is 3.14. The molecule has 3 N–H and O–H groups in total. The van der Waals surface area contributed by atoms with Crippen LogP contribution in [0.5, 0.6) is 0 Å². The van der Waals surface area contributed by atoms with E-state index >= 15 is 0 Å². The molecule has 0 aliphatic carbocycles. The van der Waals surface area contributed by atoms with Gasteiger partial charge in [0, 0.05) is 16.3 Å². The Morgan fingerprint density at radius 3 is 2.73 bits per heavy atom. The number of nitrogens with two attached hydrogens (primary N) is 1. The smallest absolute Gasteiger partial charge is 0.243 e. The second-order valence-corrected chi connectivity index (χ2v) is 7.05. The van der Waals surface area contributed by atoms with E-state index in [4.69, 9.17) is 17.3 Å². The number of carbonyl (C=O) groups excluding carboxylic acids is 1. The molecule has 0 spiro atoms. The van der Waals surface area contributed by atoms with Crippen LogP contribution in [0, 0.1) is 12.8 Å². The Morgan fingerprint density at radius 1 is 1.41 bits per heavy atom. The molecule has 0 bridgehead atoms. The number of halogens is 1. The predicted octanol–water partition coefficient (Wildman–Crippen LogP) is 3.62. The molecule has 22 heavy (non-hydrogen) atoms. The molecular formula is C16H20ClN3OS. The lowest BCUT2D eigenvalue weighted by molar-refractivity contribution is -0.118. The summed E-state index contributed by atoms with van der Waals surface area (Å²) in [4.78, 5) is 17.5. The van der Waals surface area contributed by atoms with E-state index in [0.717, 1.165) is 21.2 Å². The molecule has 2 rings (SSSR count). The van der Waals surface area contributed by atoms with Crippen LogP contribution >= 0.6 is 22.9 Å². The zero-order valence-electron chi connectivity index (χ0n) is 12.9. The van der Waals surface area contributed by atoms with Gasteiger partial charge in [0.2, 0.25) is 5.91 Å². The second-order valence-electron chi connectivity index (χ2n) is 5.55. The zero-order valence-corrected chi connectivity index (χ0v) is 14.5. The summed E-state index contributed by atoms with van der Waals surface area (Å²) in [5, 5.41) is 4.12. The quantitative estimate of drug-likeness (QED) is 0.875. The number of carbonyl (C=O) groups is 1. The number of nitrogens with zero attached hydrogens (tertiary/aromatic N) is 1. The Hall–Kier alpha value is -1.43. The molecule has 1 aromatic heterocycles. The molecule has 2 aromatic rings. The Labute approximate surface area is 139 Å². The van der Waals surface area contributed by atoms with Gasteiger partial charge in [-0.2, -0.15) is 0 Å². The van der Waals surface area contributed by atoms with Gasteiger partial charge in [0.05, 0.1) is 11.7 Å². The van der Waals surface area contributed by atoms with E-state index in [1.807, 2.05) is 45.0 Å². The van der Waals surface area contributed by atoms with E-state index < -0.39 is 6.04 Å². The van der Waals surface area contributed by atoms with Gasteiger partial charge in [-0.15, -0.1) is 11.3 Å². The maximum atomic E-state index is 12.0. The van der Waals surface area contributed by atoms with Crippen molar-refractivity contribution in [2.45, 2.75) is 33.2 Å². The summed E-state index contributed by atoms with van der Waals surface area (Å²) in [7, 11) is 0. The van der Waals surface area contributed by atoms with Crippen LogP contribution in [-0.2, 0) is 11.2 Å². The molecule has 1 amide bonds. The molecular weight excluding hydrogens is 318 g/mol. The normalized spacial score (nSPS) is 12.5. The van der Waals surface area contributed by atoms with Gasteiger partial charge < -0.3 is 11.1 Å². The molecule has 0 aliphatic rings. The van der Waals surface area contributed by atoms with Gasteiger partial charge in [-0.1, -0.05) is 43.6 Å². The van der Waals surface area contributed by atoms with Crippen molar-refractivity contribution in [3.8, 4) is 0 Å². The summed E-state index contributed by atoms with van der Waals surface area (Å²) >= 11 is 7.66. The number of nitrogens with one attached hydrogen (secondary N) is 1. The minimum atomic E-state index is -0.531. The second kappa shape index (κ2) is 7.22. The molecule has 1 aromatic carbocycles. The van der Waals surface area contributed by atoms with Crippen molar-refractivity contribution in [1.82, 2.24) is 4.98 Å². The lowest BCUT2D eigenvalue weighted by Crippen LogP contribution is -2.39. The molecule has 0 unspecified atom stereocenters. The predicted molar refractivity (Wildman–Crippen MR) is 92.6 cm³/mol. The van der Waals surface area contributed by atoms with E-state index in [2.05, 4.69) is 10.3 Å². The number of amides is 1. The maximum Gasteiger partial charge on any atom is 0.243 e. The summed E-state index contributed by atoms with van der Waals surface area (Å²) in [5.41, 5.74) is 7.79. The number of hydrogen-bond acceptors (Lipinski definition) is 4. The number of benzene rings is 1. The molecule has 4 nitrogen and oxygen atoms in total. The van der Waals surface area contributed by atoms with E-state index in [0.29, 0.717) is 11.6 Å². The number of aryl methyl sites for hydroxylation is 1. The first-order valence-corrected chi connectivity index (χ1v) is 8.34. The van der Waals surface area contributed by atoms with Crippen molar-refractivity contribution in [3.63, 3.8) is 0 Å². The van der Waals surface area contributed by atoms with Crippen LogP contribution in [0.25, 0.3) is 0 Å². The van der Waals surface area contributed by atoms with Gasteiger partial charge in [0.15, 0.2) is 5.13 Å². The first kappa shape index (κ1) is 16.9. The molecule has 0 radical (unpaired) electrons. The van der Waals surface area contributed by atoms with Crippen molar-refractivity contribution in [2.75, 3.05) is 5.32 Å². The third-order valence-corrected chi connectivity index (χ3v) is 4.89. The van der Waals surface area contributed by atoms with Gasteiger partial charge in [-0.05, 0) is 24.5 Å². The Bertz CT molecular complexity index is 669. The van der Waals surface area contributed by atoms with Gasteiger partial charge >= 0.3 is 0 Å². The van der Waals surface area contributed by atoms with E-state index in [-0.39, 0.29) is 11.8 Å². The average molecular weight is 338 g/mol. The van der Waals surface area contributed by atoms with Crippen LogP contribution in [0.2, 0.25) is 5.02 Å². The first-order valence-electron chi connectivity index (χ1n) is 7.14. The molecule has 0 fully saturated rings. The minimum Gasteiger partial charge on any atom is -0.320 e. The summed E-state index contributed by atoms with van der Waals surface area (Å²) < 4.78 is 0. The van der Waals surface area contributed by atoms with Gasteiger partial charge in [0.1, 0.15) is 0 Å². The number of hydrogen-bond donors (Lipinski definition) is 2. The summed E-state index contributed by atoms with van der Waals surface area (Å²) in [6.07, 6.45) is 0.704. The highest BCUT2D eigenvalue weighted by atomic mass is 35.5. The van der Waals surface area contributed by atoms with Crippen LogP contribution in [0.3, 0.4) is 0 Å². The molecule has 118 valence electrons. The number of aromatic nitrogens is 1. The molecule has 0 aliphatic heterocycles. The average Bonchev–Trinajstić information content (AvgIpc) is 2.80. The standard InChI is InChI=1S/C16H20ClN3OS/c1-9(2)14(18)15(21)20-16-19-10(3)13(22-16)8-11-6-4-5-7-12(11)17/h4-7,9,14H,8,18H2,1-3H3,(H,19,20,21)/t14-/m0/s1. The Kier molecular flexibility index (Phi) is 5.56. The van der Waals surface area contributed by atoms with Crippen LogP contribution in [0.1, 0.15) is 30.0 Å². The summed E-state index contributed by atoms with van der Waals surface area (Å²) in [6.45, 7) is 5.76. The Balaban J connectivity index is 2.12. The minimum absolute atomic E-state index is 0.0867. The highest BCUT2D eigenvalue weighted by Crippen LogP contribution is 2.27. The fourth-order valence-electron chi connectivity index (χ4n) is 1.95. The van der Waals surface area contributed by atoms with Gasteiger partial charge in [0.25, 0.3) is 0 Å². The number of anilines is 1. The highest BCUT2D eigenvalue weighted by Gasteiger charge is 2.19. The largest absolute Gasteiger partial charge is 0.320 e. The van der Waals surface area contributed by atoms with Gasteiger partial charge in [-0.3, -0.25) is 4.79 Å². The maximum absolute atomic E-state index is 12.0. The van der Waals surface area contributed by atoms with Crippen molar-refractivity contribution >= 4 is 34.0 Å². The molecule has 0 saturated carbocycles. The highest BCUT2D eigenvalue weighted by molar-refractivity contribution is 7.15. The molecule has 0 saturated heterocycles. The van der Waals surface area contributed by atoms with E-state index in [1.165, 1.54) is 11.3 Å². The molecule has 1 heterocycles. The lowest BCUT2D eigenvalue weighted by Gasteiger charge is -2.13. The van der Waals surface area contributed by atoms with E-state index in [1.54, 1.807) is 0 Å². The monoisotopic (exact) mass is 337 g/mol. The SMILES string of the molecule is Cc1nc(NC(=O)[C@@H](N)C(C)C)sc1Cc1ccccc1Cl. The Morgan fingerprint density at radius 2 is 2.09 bits per heavy atom. The van der Waals surface area contributed by atoms with Crippen molar-refractivity contribution in [3.05, 3.63) is 45.4 Å². The van der Waals surface area contributed by atoms with Crippen LogP contribution < -0.4 is 11.1 Å². The summed E-state index contributed by atoms with van der Waals surface area (Å²) in [6, 6.07) is 7.20. The number of rotatable bonds is 5. The summed E-state index contributed by atoms with van der Waals surface area (Å²) in [5.74, 6) is -0.114. The van der Waals surface area contributed by atoms with Crippen LogP contribution in [-0.4, -0.2) is 16.9 Å². The van der Waals surface area contributed by atoms with Gasteiger partial charge in [-0.25, -0.2) is 4.98 Å². The fraction of sp³-hybridized carbons (Fsp3) is 0.375. The number of thiazole rings is 1. The van der Waals surface area contributed by atoms with E-state index in [9.17, 15) is 4.79 Å². The zero-order chi connectivity index (χ0) is 16.3. The molecule has 6 heteroatoms. The third kappa shape index (κ3) is 4.06. The van der Waals surface area contributed by atoms with Crippen molar-refractivity contribution in [2.24, 2.45) is 11.7 Å². The first-order chi connectivity index (χ1) is 10.4.